The van der Waals surface area contributed by atoms with Crippen molar-refractivity contribution < 1.29 is 4.79 Å². The SMILES string of the molecule is CC(=O)CC[C@H](C)N=Cc1ccc(N(C)C)cc1. The second kappa shape index (κ2) is 6.94. The highest BCUT2D eigenvalue weighted by Gasteiger charge is 2.00. The number of ketones is 1. The van der Waals surface area contributed by atoms with Crippen LogP contribution in [0.2, 0.25) is 0 Å². The van der Waals surface area contributed by atoms with Gasteiger partial charge < -0.3 is 9.69 Å². The summed E-state index contributed by atoms with van der Waals surface area (Å²) in [5.41, 5.74) is 2.27. The minimum absolute atomic E-state index is 0.197. The first kappa shape index (κ1) is 14.4. The minimum atomic E-state index is 0.197. The standard InChI is InChI=1S/C15H22N2O/c1-12(5-6-13(2)18)16-11-14-7-9-15(10-8-14)17(3)4/h7-12H,5-6H2,1-4H3/t12-/m0/s1. The minimum Gasteiger partial charge on any atom is -0.378 e. The molecular weight excluding hydrogens is 224 g/mol. The molecule has 3 heteroatoms. The number of hydrogen-bond acceptors (Lipinski definition) is 3. The zero-order chi connectivity index (χ0) is 13.5. The van der Waals surface area contributed by atoms with Gasteiger partial charge in [0, 0.05) is 38.5 Å². The largest absolute Gasteiger partial charge is 0.378 e. The molecule has 3 nitrogen and oxygen atoms in total. The van der Waals surface area contributed by atoms with Crippen LogP contribution in [-0.4, -0.2) is 32.1 Å². The fraction of sp³-hybridized carbons (Fsp3) is 0.467. The summed E-state index contributed by atoms with van der Waals surface area (Å²) in [5, 5.41) is 0. The third-order valence-corrected chi connectivity index (χ3v) is 2.80. The Labute approximate surface area is 110 Å². The van der Waals surface area contributed by atoms with E-state index in [1.54, 1.807) is 6.92 Å². The zero-order valence-electron chi connectivity index (χ0n) is 11.7. The van der Waals surface area contributed by atoms with E-state index in [4.69, 9.17) is 0 Å². The molecule has 98 valence electrons. The fourth-order valence-electron chi connectivity index (χ4n) is 1.56. The molecule has 1 rings (SSSR count). The van der Waals surface area contributed by atoms with Crippen molar-refractivity contribution in [3.63, 3.8) is 0 Å². The molecule has 0 unspecified atom stereocenters. The summed E-state index contributed by atoms with van der Waals surface area (Å²) < 4.78 is 0. The smallest absolute Gasteiger partial charge is 0.129 e. The molecule has 0 saturated heterocycles. The molecule has 1 aromatic carbocycles. The van der Waals surface area contributed by atoms with Crippen LogP contribution in [0.15, 0.2) is 29.3 Å². The van der Waals surface area contributed by atoms with Crippen molar-refractivity contribution in [3.05, 3.63) is 29.8 Å². The fourth-order valence-corrected chi connectivity index (χ4v) is 1.56. The van der Waals surface area contributed by atoms with Gasteiger partial charge in [-0.3, -0.25) is 4.99 Å². The van der Waals surface area contributed by atoms with Gasteiger partial charge >= 0.3 is 0 Å². The molecule has 0 amide bonds. The Bertz CT molecular complexity index is 407. The number of Topliss-reactive ketones (excluding diaryl/α,β-unsaturated/α-hetero) is 1. The summed E-state index contributed by atoms with van der Waals surface area (Å²) in [6.07, 6.45) is 3.31. The van der Waals surface area contributed by atoms with Crippen molar-refractivity contribution in [2.24, 2.45) is 4.99 Å². The predicted octanol–water partition coefficient (Wildman–Crippen LogP) is 2.93. The highest BCUT2D eigenvalue weighted by molar-refractivity contribution is 5.80. The molecule has 0 aromatic heterocycles. The Morgan fingerprint density at radius 3 is 2.44 bits per heavy atom. The monoisotopic (exact) mass is 246 g/mol. The Morgan fingerprint density at radius 1 is 1.33 bits per heavy atom. The average molecular weight is 246 g/mol. The number of anilines is 1. The predicted molar refractivity (Wildman–Crippen MR) is 77.7 cm³/mol. The number of aliphatic imine (C=N–C) groups is 1. The van der Waals surface area contributed by atoms with Gasteiger partial charge in [-0.1, -0.05) is 12.1 Å². The number of nitrogens with zero attached hydrogens (tertiary/aromatic N) is 2. The van der Waals surface area contributed by atoms with Crippen LogP contribution >= 0.6 is 0 Å². The lowest BCUT2D eigenvalue weighted by molar-refractivity contribution is -0.117. The third kappa shape index (κ3) is 5.13. The van der Waals surface area contributed by atoms with Gasteiger partial charge in [0.15, 0.2) is 0 Å². The van der Waals surface area contributed by atoms with Crippen molar-refractivity contribution in [1.82, 2.24) is 0 Å². The van der Waals surface area contributed by atoms with Crippen LogP contribution < -0.4 is 4.90 Å². The molecule has 1 aromatic rings. The molecule has 1 atom stereocenters. The molecule has 0 heterocycles. The third-order valence-electron chi connectivity index (χ3n) is 2.80. The van der Waals surface area contributed by atoms with Gasteiger partial charge in [0.1, 0.15) is 5.78 Å². The van der Waals surface area contributed by atoms with Crippen molar-refractivity contribution in [2.75, 3.05) is 19.0 Å². The van der Waals surface area contributed by atoms with Gasteiger partial charge in [-0.05, 0) is 38.0 Å². The summed E-state index contributed by atoms with van der Waals surface area (Å²) in [5.74, 6) is 0.229. The van der Waals surface area contributed by atoms with E-state index < -0.39 is 0 Å². The maximum absolute atomic E-state index is 10.9. The number of benzene rings is 1. The van der Waals surface area contributed by atoms with Crippen LogP contribution in [0.5, 0.6) is 0 Å². The number of carbonyl (C=O) groups excluding carboxylic acids is 1. The van der Waals surface area contributed by atoms with E-state index in [1.807, 2.05) is 27.2 Å². The molecule has 18 heavy (non-hydrogen) atoms. The van der Waals surface area contributed by atoms with Crippen LogP contribution in [0.25, 0.3) is 0 Å². The van der Waals surface area contributed by atoms with Gasteiger partial charge in [-0.25, -0.2) is 0 Å². The van der Waals surface area contributed by atoms with Crippen molar-refractivity contribution >= 4 is 17.7 Å². The van der Waals surface area contributed by atoms with Crippen LogP contribution in [-0.2, 0) is 4.79 Å². The van der Waals surface area contributed by atoms with Gasteiger partial charge in [0.2, 0.25) is 0 Å². The lowest BCUT2D eigenvalue weighted by Crippen LogP contribution is -2.08. The van der Waals surface area contributed by atoms with Crippen LogP contribution in [0.3, 0.4) is 0 Å². The Kier molecular flexibility index (Phi) is 5.56. The summed E-state index contributed by atoms with van der Waals surface area (Å²) in [6.45, 7) is 3.66. The number of hydrogen-bond donors (Lipinski definition) is 0. The van der Waals surface area contributed by atoms with Crippen LogP contribution in [0.4, 0.5) is 5.69 Å². The number of carbonyl (C=O) groups is 1. The first-order valence-electron chi connectivity index (χ1n) is 6.29. The first-order valence-corrected chi connectivity index (χ1v) is 6.29. The highest BCUT2D eigenvalue weighted by Crippen LogP contribution is 2.11. The molecule has 0 spiro atoms. The van der Waals surface area contributed by atoms with Crippen molar-refractivity contribution in [1.29, 1.82) is 0 Å². The van der Waals surface area contributed by atoms with Gasteiger partial charge in [-0.15, -0.1) is 0 Å². The lowest BCUT2D eigenvalue weighted by atomic mass is 10.1. The van der Waals surface area contributed by atoms with E-state index in [0.29, 0.717) is 6.42 Å². The number of rotatable bonds is 6. The molecule has 0 radical (unpaired) electrons. The van der Waals surface area contributed by atoms with E-state index in [2.05, 4.69) is 34.2 Å². The van der Waals surface area contributed by atoms with E-state index in [-0.39, 0.29) is 11.8 Å². The molecule has 0 N–H and O–H groups in total. The molecule has 0 aliphatic heterocycles. The molecule has 0 aliphatic carbocycles. The van der Waals surface area contributed by atoms with Crippen LogP contribution in [0, 0.1) is 0 Å². The zero-order valence-corrected chi connectivity index (χ0v) is 11.7. The molecule has 0 saturated carbocycles. The van der Waals surface area contributed by atoms with E-state index in [1.165, 1.54) is 5.69 Å². The maximum Gasteiger partial charge on any atom is 0.129 e. The van der Waals surface area contributed by atoms with Crippen molar-refractivity contribution in [3.8, 4) is 0 Å². The van der Waals surface area contributed by atoms with Gasteiger partial charge in [0.05, 0.1) is 0 Å². The Hall–Kier alpha value is -1.64. The second-order valence-corrected chi connectivity index (χ2v) is 4.85. The second-order valence-electron chi connectivity index (χ2n) is 4.85. The lowest BCUT2D eigenvalue weighted by Gasteiger charge is -2.11. The van der Waals surface area contributed by atoms with Gasteiger partial charge in [0.25, 0.3) is 0 Å². The molecule has 0 bridgehead atoms. The van der Waals surface area contributed by atoms with Crippen LogP contribution in [0.1, 0.15) is 32.3 Å². The summed E-state index contributed by atoms with van der Waals surface area (Å²) >= 11 is 0. The molecular formula is C15H22N2O. The quantitative estimate of drug-likeness (QED) is 0.723. The summed E-state index contributed by atoms with van der Waals surface area (Å²) in [7, 11) is 4.04. The summed E-state index contributed by atoms with van der Waals surface area (Å²) in [6, 6.07) is 8.44. The first-order chi connectivity index (χ1) is 8.49. The normalized spacial score (nSPS) is 12.7. The van der Waals surface area contributed by atoms with E-state index in [0.717, 1.165) is 12.0 Å². The highest BCUT2D eigenvalue weighted by atomic mass is 16.1. The van der Waals surface area contributed by atoms with Crippen molar-refractivity contribution in [2.45, 2.75) is 32.7 Å². The van der Waals surface area contributed by atoms with E-state index in [9.17, 15) is 4.79 Å². The summed E-state index contributed by atoms with van der Waals surface area (Å²) in [4.78, 5) is 17.4. The van der Waals surface area contributed by atoms with Gasteiger partial charge in [-0.2, -0.15) is 0 Å². The molecule has 0 aliphatic rings. The topological polar surface area (TPSA) is 32.7 Å². The Balaban J connectivity index is 2.53. The molecule has 0 fully saturated rings. The maximum atomic E-state index is 10.9. The van der Waals surface area contributed by atoms with E-state index >= 15 is 0 Å². The Morgan fingerprint density at radius 2 is 1.94 bits per heavy atom. The average Bonchev–Trinajstić information content (AvgIpc) is 2.34.